The lowest BCUT2D eigenvalue weighted by molar-refractivity contribution is -0.137. The highest BCUT2D eigenvalue weighted by molar-refractivity contribution is 5.92. The van der Waals surface area contributed by atoms with E-state index in [9.17, 15) is 22.8 Å². The number of carbonyl (C=O) groups excluding carboxylic acids is 2. The second-order valence-electron chi connectivity index (χ2n) is 6.07. The number of ether oxygens (including phenoxy) is 1. The van der Waals surface area contributed by atoms with Gasteiger partial charge in [0.05, 0.1) is 18.4 Å². The molecule has 28 heavy (non-hydrogen) atoms. The van der Waals surface area contributed by atoms with Crippen molar-refractivity contribution >= 4 is 23.3 Å². The summed E-state index contributed by atoms with van der Waals surface area (Å²) in [4.78, 5) is 24.7. The van der Waals surface area contributed by atoms with Gasteiger partial charge in [-0.3, -0.25) is 4.79 Å². The van der Waals surface area contributed by atoms with Gasteiger partial charge in [-0.2, -0.15) is 13.2 Å². The summed E-state index contributed by atoms with van der Waals surface area (Å²) in [6.45, 7) is 1.39. The summed E-state index contributed by atoms with van der Waals surface area (Å²) in [6, 6.07) is 9.43. The van der Waals surface area contributed by atoms with E-state index in [0.29, 0.717) is 5.75 Å². The normalized spacial score (nSPS) is 10.9. The number of halogens is 3. The number of nitrogens with one attached hydrogen (secondary N) is 2. The molecule has 0 aliphatic carbocycles. The van der Waals surface area contributed by atoms with E-state index in [1.165, 1.54) is 32.0 Å². The molecule has 6 nitrogen and oxygen atoms in total. The van der Waals surface area contributed by atoms with Gasteiger partial charge in [0.1, 0.15) is 5.75 Å². The lowest BCUT2D eigenvalue weighted by Gasteiger charge is -2.21. The summed E-state index contributed by atoms with van der Waals surface area (Å²) in [5, 5.41) is 4.56. The Morgan fingerprint density at radius 3 is 2.25 bits per heavy atom. The van der Waals surface area contributed by atoms with Gasteiger partial charge in [0.25, 0.3) is 0 Å². The molecule has 150 valence electrons. The van der Waals surface area contributed by atoms with Crippen LogP contribution in [0, 0.1) is 0 Å². The SMILES string of the molecule is COc1ccc(CN(C)C(=O)Nc2ccc(NC(C)=O)cc2C(F)(F)F)cc1. The van der Waals surface area contributed by atoms with Gasteiger partial charge in [-0.05, 0) is 35.9 Å². The molecule has 0 fully saturated rings. The third-order valence-corrected chi connectivity index (χ3v) is 3.81. The second kappa shape index (κ2) is 8.64. The van der Waals surface area contributed by atoms with Gasteiger partial charge in [-0.15, -0.1) is 0 Å². The zero-order valence-electron chi connectivity index (χ0n) is 15.6. The third-order valence-electron chi connectivity index (χ3n) is 3.81. The summed E-state index contributed by atoms with van der Waals surface area (Å²) >= 11 is 0. The van der Waals surface area contributed by atoms with Crippen LogP contribution in [0.2, 0.25) is 0 Å². The largest absolute Gasteiger partial charge is 0.497 e. The van der Waals surface area contributed by atoms with Gasteiger partial charge in [0.2, 0.25) is 5.91 Å². The van der Waals surface area contributed by atoms with Crippen molar-refractivity contribution in [1.82, 2.24) is 4.90 Å². The van der Waals surface area contributed by atoms with Crippen molar-refractivity contribution in [1.29, 1.82) is 0 Å². The van der Waals surface area contributed by atoms with Gasteiger partial charge in [-0.25, -0.2) is 4.79 Å². The minimum atomic E-state index is -4.70. The first kappa shape index (κ1) is 21.1. The highest BCUT2D eigenvalue weighted by Gasteiger charge is 2.34. The molecule has 0 radical (unpaired) electrons. The minimum absolute atomic E-state index is 0.00980. The Bertz CT molecular complexity index is 852. The maximum Gasteiger partial charge on any atom is 0.418 e. The van der Waals surface area contributed by atoms with Crippen LogP contribution in [0.5, 0.6) is 5.75 Å². The van der Waals surface area contributed by atoms with E-state index in [2.05, 4.69) is 10.6 Å². The average Bonchev–Trinajstić information content (AvgIpc) is 2.62. The highest BCUT2D eigenvalue weighted by atomic mass is 19.4. The van der Waals surface area contributed by atoms with Crippen LogP contribution in [0.1, 0.15) is 18.1 Å². The van der Waals surface area contributed by atoms with Crippen LogP contribution < -0.4 is 15.4 Å². The molecule has 0 atom stereocenters. The van der Waals surface area contributed by atoms with E-state index in [-0.39, 0.29) is 12.2 Å². The number of anilines is 2. The molecule has 2 aromatic carbocycles. The monoisotopic (exact) mass is 395 g/mol. The topological polar surface area (TPSA) is 70.7 Å². The van der Waals surface area contributed by atoms with E-state index in [1.54, 1.807) is 24.3 Å². The van der Waals surface area contributed by atoms with Gasteiger partial charge in [0.15, 0.2) is 0 Å². The Hall–Kier alpha value is -3.23. The van der Waals surface area contributed by atoms with Gasteiger partial charge < -0.3 is 20.3 Å². The van der Waals surface area contributed by atoms with Gasteiger partial charge in [0, 0.05) is 26.2 Å². The summed E-state index contributed by atoms with van der Waals surface area (Å²) in [5.74, 6) is 0.161. The van der Waals surface area contributed by atoms with Crippen molar-refractivity contribution in [2.45, 2.75) is 19.6 Å². The summed E-state index contributed by atoms with van der Waals surface area (Å²) in [5.41, 5.74) is -0.668. The Morgan fingerprint density at radius 1 is 1.07 bits per heavy atom. The molecule has 3 amide bonds. The lowest BCUT2D eigenvalue weighted by atomic mass is 10.1. The molecule has 0 saturated heterocycles. The fourth-order valence-electron chi connectivity index (χ4n) is 2.46. The summed E-state index contributed by atoms with van der Waals surface area (Å²) in [7, 11) is 3.00. The van der Waals surface area contributed by atoms with Crippen LogP contribution in [-0.2, 0) is 17.5 Å². The molecule has 2 rings (SSSR count). The van der Waals surface area contributed by atoms with Crippen LogP contribution in [0.3, 0.4) is 0 Å². The maximum atomic E-state index is 13.3. The van der Waals surface area contributed by atoms with Crippen molar-refractivity contribution in [2.24, 2.45) is 0 Å². The number of rotatable bonds is 5. The quantitative estimate of drug-likeness (QED) is 0.791. The molecule has 0 unspecified atom stereocenters. The molecular weight excluding hydrogens is 375 g/mol. The number of urea groups is 1. The molecule has 2 aromatic rings. The average molecular weight is 395 g/mol. The molecule has 0 heterocycles. The fraction of sp³-hybridized carbons (Fsp3) is 0.263. The van der Waals surface area contributed by atoms with E-state index >= 15 is 0 Å². The lowest BCUT2D eigenvalue weighted by Crippen LogP contribution is -2.31. The van der Waals surface area contributed by atoms with Crippen molar-refractivity contribution in [3.8, 4) is 5.75 Å². The molecule has 0 aliphatic rings. The predicted octanol–water partition coefficient (Wildman–Crippen LogP) is 4.34. The minimum Gasteiger partial charge on any atom is -0.497 e. The number of amides is 3. The first-order chi connectivity index (χ1) is 13.1. The first-order valence-electron chi connectivity index (χ1n) is 8.24. The predicted molar refractivity (Wildman–Crippen MR) is 99.2 cm³/mol. The Balaban J connectivity index is 2.15. The van der Waals surface area contributed by atoms with Crippen molar-refractivity contribution in [3.05, 3.63) is 53.6 Å². The second-order valence-corrected chi connectivity index (χ2v) is 6.07. The van der Waals surface area contributed by atoms with Crippen LogP contribution in [-0.4, -0.2) is 31.0 Å². The zero-order valence-corrected chi connectivity index (χ0v) is 15.6. The molecule has 0 aliphatic heterocycles. The summed E-state index contributed by atoms with van der Waals surface area (Å²) < 4.78 is 45.1. The molecule has 0 aromatic heterocycles. The van der Waals surface area contributed by atoms with Crippen LogP contribution >= 0.6 is 0 Å². The number of alkyl halides is 3. The fourth-order valence-corrected chi connectivity index (χ4v) is 2.46. The number of nitrogens with zero attached hydrogens (tertiary/aromatic N) is 1. The standard InChI is InChI=1S/C19H20F3N3O3/c1-12(26)23-14-6-9-17(16(10-14)19(20,21)22)24-18(27)25(2)11-13-4-7-15(28-3)8-5-13/h4-10H,11H2,1-3H3,(H,23,26)(H,24,27). The maximum absolute atomic E-state index is 13.3. The molecule has 0 bridgehead atoms. The van der Waals surface area contributed by atoms with E-state index in [4.69, 9.17) is 4.74 Å². The molecule has 9 heteroatoms. The number of benzene rings is 2. The Labute approximate surface area is 160 Å². The first-order valence-corrected chi connectivity index (χ1v) is 8.24. The van der Waals surface area contributed by atoms with Crippen LogP contribution in [0.4, 0.5) is 29.3 Å². The van der Waals surface area contributed by atoms with E-state index < -0.39 is 29.4 Å². The van der Waals surface area contributed by atoms with Gasteiger partial charge in [-0.1, -0.05) is 12.1 Å². The van der Waals surface area contributed by atoms with Crippen LogP contribution in [0.15, 0.2) is 42.5 Å². The smallest absolute Gasteiger partial charge is 0.418 e. The van der Waals surface area contributed by atoms with Crippen LogP contribution in [0.25, 0.3) is 0 Å². The van der Waals surface area contributed by atoms with Gasteiger partial charge >= 0.3 is 12.2 Å². The molecule has 0 spiro atoms. The number of methoxy groups -OCH3 is 1. The number of hydrogen-bond donors (Lipinski definition) is 2. The highest BCUT2D eigenvalue weighted by Crippen LogP contribution is 2.36. The third kappa shape index (κ3) is 5.63. The summed E-state index contributed by atoms with van der Waals surface area (Å²) in [6.07, 6.45) is -4.70. The number of carbonyl (C=O) groups is 2. The molecule has 2 N–H and O–H groups in total. The van der Waals surface area contributed by atoms with Crippen molar-refractivity contribution in [2.75, 3.05) is 24.8 Å². The zero-order chi connectivity index (χ0) is 20.9. The van der Waals surface area contributed by atoms with E-state index in [1.807, 2.05) is 0 Å². The van der Waals surface area contributed by atoms with Crippen molar-refractivity contribution in [3.63, 3.8) is 0 Å². The van der Waals surface area contributed by atoms with Crippen molar-refractivity contribution < 1.29 is 27.5 Å². The Morgan fingerprint density at radius 2 is 1.71 bits per heavy atom. The number of hydrogen-bond acceptors (Lipinski definition) is 3. The Kier molecular flexibility index (Phi) is 6.50. The molecular formula is C19H20F3N3O3. The van der Waals surface area contributed by atoms with E-state index in [0.717, 1.165) is 17.7 Å². The molecule has 0 saturated carbocycles.